The molecule has 2 saturated carbocycles. The number of halogens is 1. The number of hydrogen-bond donors (Lipinski definition) is 2. The van der Waals surface area contributed by atoms with Crippen LogP contribution in [0.3, 0.4) is 0 Å². The smallest absolute Gasteiger partial charge is 0.140 e. The average Bonchev–Trinajstić information content (AvgIpc) is 3.40. The van der Waals surface area contributed by atoms with Crippen molar-refractivity contribution in [1.29, 1.82) is 0 Å². The fraction of sp³-hybridized carbons (Fsp3) is 0.625. The normalized spacial score (nSPS) is 46.5. The van der Waals surface area contributed by atoms with Crippen molar-refractivity contribution in [3.8, 4) is 0 Å². The molecule has 5 aliphatic rings. The number of ether oxygens (including phenoxy) is 1. The van der Waals surface area contributed by atoms with Gasteiger partial charge in [-0.15, -0.1) is 0 Å². The van der Waals surface area contributed by atoms with Crippen LogP contribution in [0.4, 0.5) is 4.39 Å². The number of alkyl halides is 1. The van der Waals surface area contributed by atoms with E-state index in [0.29, 0.717) is 19.3 Å². The van der Waals surface area contributed by atoms with Gasteiger partial charge in [-0.05, 0) is 99.7 Å². The van der Waals surface area contributed by atoms with Crippen LogP contribution in [0.1, 0.15) is 75.5 Å². The van der Waals surface area contributed by atoms with Gasteiger partial charge in [0.05, 0.1) is 17.8 Å². The molecule has 5 heteroatoms. The first-order chi connectivity index (χ1) is 17.5. The third-order valence-corrected chi connectivity index (χ3v) is 11.2. The summed E-state index contributed by atoms with van der Waals surface area (Å²) in [7, 11) is 3.88. The summed E-state index contributed by atoms with van der Waals surface area (Å²) in [6, 6.07) is 6.39. The van der Waals surface area contributed by atoms with Crippen molar-refractivity contribution in [2.75, 3.05) is 14.1 Å². The van der Waals surface area contributed by atoms with Gasteiger partial charge in [0.1, 0.15) is 11.3 Å². The van der Waals surface area contributed by atoms with Crippen LogP contribution in [0.25, 0.3) is 17.7 Å². The second kappa shape index (κ2) is 8.35. The molecule has 2 spiro atoms. The Hall–Kier alpha value is -1.79. The number of likely N-dealkylation sites (N-methyl/N-ethyl adjacent to an activating group) is 1. The van der Waals surface area contributed by atoms with Crippen molar-refractivity contribution >= 4 is 17.7 Å². The highest BCUT2D eigenvalue weighted by molar-refractivity contribution is 5.77. The molecule has 4 nitrogen and oxygen atoms in total. The maximum Gasteiger partial charge on any atom is 0.140 e. The quantitative estimate of drug-likeness (QED) is 0.554. The van der Waals surface area contributed by atoms with Crippen LogP contribution >= 0.6 is 0 Å². The van der Waals surface area contributed by atoms with Crippen LogP contribution in [0.2, 0.25) is 0 Å². The highest BCUT2D eigenvalue weighted by Crippen LogP contribution is 2.72. The molecule has 2 heterocycles. The maximum atomic E-state index is 17.2. The molecule has 3 aliphatic carbocycles. The lowest BCUT2D eigenvalue weighted by molar-refractivity contribution is -0.314. The lowest BCUT2D eigenvalue weighted by atomic mass is 9.51. The fourth-order valence-electron chi connectivity index (χ4n) is 9.26. The molecule has 9 atom stereocenters. The number of hydrogen-bond acceptors (Lipinski definition) is 4. The van der Waals surface area contributed by atoms with Gasteiger partial charge in [-0.25, -0.2) is 4.39 Å². The molecule has 2 bridgehead atoms. The molecular formula is C32H42FNO3. The first-order valence-corrected chi connectivity index (χ1v) is 14.1. The highest BCUT2D eigenvalue weighted by Gasteiger charge is 2.77. The highest BCUT2D eigenvalue weighted by atomic mass is 19.1. The molecule has 0 radical (unpaired) electrons. The SMILES string of the molecule is C=Cc1cc(C2=CCC3[C@@]45CC[C@]6(C[C@H](N(C)C)[C@@H](O)[C@H](O)C6CC4(F)CC[C@]23C)O5)ccc1/C=C\C. The lowest BCUT2D eigenvalue weighted by Crippen LogP contribution is -2.72. The van der Waals surface area contributed by atoms with E-state index in [1.54, 1.807) is 0 Å². The van der Waals surface area contributed by atoms with Crippen molar-refractivity contribution < 1.29 is 19.3 Å². The number of benzene rings is 1. The van der Waals surface area contributed by atoms with E-state index in [1.165, 1.54) is 11.1 Å². The van der Waals surface area contributed by atoms with Gasteiger partial charge in [0.15, 0.2) is 0 Å². The number of allylic oxidation sites excluding steroid dienone is 3. The summed E-state index contributed by atoms with van der Waals surface area (Å²) in [6.45, 7) is 8.38. The number of nitrogens with zero attached hydrogens (tertiary/aromatic N) is 1. The van der Waals surface area contributed by atoms with Crippen molar-refractivity contribution in [1.82, 2.24) is 4.90 Å². The largest absolute Gasteiger partial charge is 0.390 e. The van der Waals surface area contributed by atoms with E-state index in [0.717, 1.165) is 30.4 Å². The van der Waals surface area contributed by atoms with Crippen molar-refractivity contribution in [3.63, 3.8) is 0 Å². The van der Waals surface area contributed by atoms with Gasteiger partial charge < -0.3 is 19.8 Å². The van der Waals surface area contributed by atoms with Gasteiger partial charge in [-0.2, -0.15) is 0 Å². The zero-order chi connectivity index (χ0) is 26.4. The van der Waals surface area contributed by atoms with Crippen molar-refractivity contribution in [2.45, 2.75) is 93.9 Å². The Labute approximate surface area is 220 Å². The van der Waals surface area contributed by atoms with Gasteiger partial charge in [-0.1, -0.05) is 49.9 Å². The van der Waals surface area contributed by atoms with Crippen LogP contribution < -0.4 is 0 Å². The molecule has 3 unspecified atom stereocenters. The van der Waals surface area contributed by atoms with Crippen LogP contribution in [0.5, 0.6) is 0 Å². The van der Waals surface area contributed by atoms with Crippen molar-refractivity contribution in [2.24, 2.45) is 17.3 Å². The van der Waals surface area contributed by atoms with E-state index < -0.39 is 29.1 Å². The predicted octanol–water partition coefficient (Wildman–Crippen LogP) is 5.64. The second-order valence-corrected chi connectivity index (χ2v) is 12.9. The van der Waals surface area contributed by atoms with Crippen LogP contribution in [-0.2, 0) is 4.74 Å². The number of fused-ring (bicyclic) bond motifs is 1. The van der Waals surface area contributed by atoms with E-state index in [9.17, 15) is 10.2 Å². The average molecular weight is 508 g/mol. The van der Waals surface area contributed by atoms with Crippen molar-refractivity contribution in [3.05, 3.63) is 53.6 Å². The number of aliphatic hydroxyl groups is 2. The van der Waals surface area contributed by atoms with Gasteiger partial charge in [-0.3, -0.25) is 0 Å². The predicted molar refractivity (Wildman–Crippen MR) is 146 cm³/mol. The summed E-state index contributed by atoms with van der Waals surface area (Å²) in [4.78, 5) is 1.99. The van der Waals surface area contributed by atoms with E-state index in [1.807, 2.05) is 38.1 Å². The number of aliphatic hydroxyl groups excluding tert-OH is 2. The monoisotopic (exact) mass is 507 g/mol. The standard InChI is InChI=1S/C32H42FNO3/c1-6-8-21-9-10-22(17-20(21)7-2)23-11-12-26-29(23,3)13-15-31(33)18-24-27(35)28(36)25(34(4)5)19-30(24)14-16-32(26,31)37-30/h6-11,17,24-28,35-36H,2,12-16,18-19H2,1,3-5H3/b8-6-/t24?,25-,26?,27+,28+,29+,30+,31?,32-/m0/s1. The van der Waals surface area contributed by atoms with Gasteiger partial charge in [0, 0.05) is 17.9 Å². The topological polar surface area (TPSA) is 52.9 Å². The molecule has 0 amide bonds. The molecule has 2 saturated heterocycles. The Morgan fingerprint density at radius 1 is 1.08 bits per heavy atom. The molecule has 1 aromatic rings. The molecule has 2 N–H and O–H groups in total. The minimum atomic E-state index is -1.49. The Morgan fingerprint density at radius 3 is 2.57 bits per heavy atom. The summed E-state index contributed by atoms with van der Waals surface area (Å²) in [6.07, 6.45) is 10.9. The minimum Gasteiger partial charge on any atom is -0.390 e. The first-order valence-electron chi connectivity index (χ1n) is 14.1. The van der Waals surface area contributed by atoms with Gasteiger partial charge in [0.2, 0.25) is 0 Å². The number of rotatable bonds is 4. The third kappa shape index (κ3) is 3.27. The molecule has 1 aromatic carbocycles. The molecule has 2 aliphatic heterocycles. The lowest BCUT2D eigenvalue weighted by Gasteiger charge is -2.64. The molecule has 200 valence electrons. The van der Waals surface area contributed by atoms with E-state index in [-0.39, 0.29) is 29.7 Å². The fourth-order valence-corrected chi connectivity index (χ4v) is 9.26. The minimum absolute atomic E-state index is 0.0540. The molecule has 0 aromatic heterocycles. The van der Waals surface area contributed by atoms with Crippen LogP contribution in [-0.4, -0.2) is 64.3 Å². The molecular weight excluding hydrogens is 465 g/mol. The zero-order valence-corrected chi connectivity index (χ0v) is 22.7. The first kappa shape index (κ1) is 25.5. The Bertz CT molecular complexity index is 1180. The van der Waals surface area contributed by atoms with Gasteiger partial charge in [0.25, 0.3) is 0 Å². The zero-order valence-electron chi connectivity index (χ0n) is 22.7. The van der Waals surface area contributed by atoms with Crippen LogP contribution in [0.15, 0.2) is 36.9 Å². The molecule has 6 rings (SSSR count). The second-order valence-electron chi connectivity index (χ2n) is 12.9. The van der Waals surface area contributed by atoms with E-state index in [4.69, 9.17) is 4.74 Å². The summed E-state index contributed by atoms with van der Waals surface area (Å²) in [5, 5.41) is 22.1. The summed E-state index contributed by atoms with van der Waals surface area (Å²) >= 11 is 0. The Morgan fingerprint density at radius 2 is 1.86 bits per heavy atom. The molecule has 4 fully saturated rings. The summed E-state index contributed by atoms with van der Waals surface area (Å²) in [5.41, 5.74) is 1.68. The van der Waals surface area contributed by atoms with E-state index >= 15 is 4.39 Å². The summed E-state index contributed by atoms with van der Waals surface area (Å²) in [5.74, 6) is -0.315. The Balaban J connectivity index is 1.37. The molecule has 37 heavy (non-hydrogen) atoms. The Kier molecular flexibility index (Phi) is 5.75. The van der Waals surface area contributed by atoms with Gasteiger partial charge >= 0.3 is 0 Å². The summed E-state index contributed by atoms with van der Waals surface area (Å²) < 4.78 is 24.4. The third-order valence-electron chi connectivity index (χ3n) is 11.2. The maximum absolute atomic E-state index is 17.2. The van der Waals surface area contributed by atoms with E-state index in [2.05, 4.69) is 43.9 Å². The van der Waals surface area contributed by atoms with Crippen LogP contribution in [0, 0.1) is 17.3 Å².